The minimum absolute atomic E-state index is 0.263. The highest BCUT2D eigenvalue weighted by Gasteiger charge is 2.24. The van der Waals surface area contributed by atoms with E-state index >= 15 is 0 Å². The maximum Gasteiger partial charge on any atom is 0.310 e. The van der Waals surface area contributed by atoms with Gasteiger partial charge in [0.1, 0.15) is 17.2 Å². The minimum atomic E-state index is -0.361. The summed E-state index contributed by atoms with van der Waals surface area (Å²) in [6, 6.07) is 26.6. The van der Waals surface area contributed by atoms with Crippen LogP contribution in [0.3, 0.4) is 0 Å². The van der Waals surface area contributed by atoms with Crippen molar-refractivity contribution in [3.05, 3.63) is 90.5 Å². The Morgan fingerprint density at radius 2 is 1.39 bits per heavy atom. The van der Waals surface area contributed by atoms with Gasteiger partial charge in [-0.2, -0.15) is 0 Å². The summed E-state index contributed by atoms with van der Waals surface area (Å²) in [7, 11) is 0. The molecule has 0 aromatic heterocycles. The van der Waals surface area contributed by atoms with Gasteiger partial charge in [0.25, 0.3) is 0 Å². The minimum Gasteiger partial charge on any atom is -0.493 e. The van der Waals surface area contributed by atoms with Crippen LogP contribution in [0.4, 0.5) is 0 Å². The third kappa shape index (κ3) is 7.46. The first-order valence-corrected chi connectivity index (χ1v) is 10.5. The second-order valence-electron chi connectivity index (χ2n) is 7.41. The zero-order valence-corrected chi connectivity index (χ0v) is 17.8. The van der Waals surface area contributed by atoms with Crippen molar-refractivity contribution in [1.82, 2.24) is 0 Å². The lowest BCUT2D eigenvalue weighted by Crippen LogP contribution is -2.36. The summed E-state index contributed by atoms with van der Waals surface area (Å²) in [4.78, 5) is 12.5. The second-order valence-corrected chi connectivity index (χ2v) is 7.41. The first kappa shape index (κ1) is 22.4. The molecule has 5 heteroatoms. The van der Waals surface area contributed by atoms with E-state index in [1.54, 1.807) is 0 Å². The molecule has 3 aromatic rings. The smallest absolute Gasteiger partial charge is 0.310 e. The van der Waals surface area contributed by atoms with E-state index in [2.05, 4.69) is 0 Å². The fourth-order valence-corrected chi connectivity index (χ4v) is 3.11. The average Bonchev–Trinajstić information content (AvgIpc) is 2.79. The summed E-state index contributed by atoms with van der Waals surface area (Å²) >= 11 is 0. The van der Waals surface area contributed by atoms with Gasteiger partial charge in [-0.15, -0.1) is 0 Å². The number of benzene rings is 3. The monoisotopic (exact) mass is 419 g/mol. The molecule has 5 nitrogen and oxygen atoms in total. The highest BCUT2D eigenvalue weighted by molar-refractivity contribution is 5.73. The number of para-hydroxylation sites is 1. The molecular weight excluding hydrogens is 390 g/mol. The third-order valence-electron chi connectivity index (χ3n) is 4.84. The van der Waals surface area contributed by atoms with Crippen molar-refractivity contribution in [2.75, 3.05) is 13.2 Å². The van der Waals surface area contributed by atoms with Crippen LogP contribution in [0, 0.1) is 5.92 Å². The molecule has 0 saturated heterocycles. The first-order valence-electron chi connectivity index (χ1n) is 10.5. The number of ether oxygens (including phenoxy) is 3. The lowest BCUT2D eigenvalue weighted by atomic mass is 9.94. The number of nitrogens with two attached hydrogens (primary N) is 1. The second kappa shape index (κ2) is 11.8. The van der Waals surface area contributed by atoms with Crippen LogP contribution in [0.1, 0.15) is 18.9 Å². The molecule has 0 heterocycles. The molecule has 3 aromatic carbocycles. The van der Waals surface area contributed by atoms with Crippen molar-refractivity contribution in [2.45, 2.75) is 25.8 Å². The fourth-order valence-electron chi connectivity index (χ4n) is 3.11. The van der Waals surface area contributed by atoms with E-state index in [0.29, 0.717) is 26.1 Å². The molecule has 0 aliphatic heterocycles. The van der Waals surface area contributed by atoms with Crippen LogP contribution in [-0.4, -0.2) is 25.2 Å². The van der Waals surface area contributed by atoms with Gasteiger partial charge in [0.15, 0.2) is 0 Å². The van der Waals surface area contributed by atoms with Crippen molar-refractivity contribution >= 4 is 5.97 Å². The van der Waals surface area contributed by atoms with E-state index in [-0.39, 0.29) is 17.9 Å². The zero-order valence-electron chi connectivity index (χ0n) is 17.8. The molecule has 2 atom stereocenters. The van der Waals surface area contributed by atoms with Crippen LogP contribution in [0.15, 0.2) is 84.9 Å². The van der Waals surface area contributed by atoms with E-state index in [0.717, 1.165) is 22.8 Å². The van der Waals surface area contributed by atoms with Crippen molar-refractivity contribution in [2.24, 2.45) is 11.7 Å². The number of carbonyl (C=O) groups is 1. The van der Waals surface area contributed by atoms with Crippen molar-refractivity contribution in [1.29, 1.82) is 0 Å². The van der Waals surface area contributed by atoms with Gasteiger partial charge >= 0.3 is 5.97 Å². The molecule has 0 radical (unpaired) electrons. The van der Waals surface area contributed by atoms with Crippen LogP contribution in [-0.2, 0) is 16.0 Å². The quantitative estimate of drug-likeness (QED) is 0.350. The number of carbonyl (C=O) groups excluding carboxylic acids is 1. The van der Waals surface area contributed by atoms with Gasteiger partial charge in [-0.1, -0.05) is 48.5 Å². The van der Waals surface area contributed by atoms with E-state index in [1.807, 2.05) is 91.9 Å². The van der Waals surface area contributed by atoms with Crippen LogP contribution in [0.2, 0.25) is 0 Å². The molecule has 0 bridgehead atoms. The molecule has 0 saturated carbocycles. The standard InChI is InChI=1S/C26H29NO4/c1-20(27)25(19-21-9-4-2-5-10-21)26(28)30-18-8-17-29-22-13-15-24(16-14-22)31-23-11-6-3-7-12-23/h2-7,9-16,20,25H,8,17-19,27H2,1H3. The summed E-state index contributed by atoms with van der Waals surface area (Å²) in [6.45, 7) is 2.59. The van der Waals surface area contributed by atoms with Crippen molar-refractivity contribution in [3.63, 3.8) is 0 Å². The summed E-state index contributed by atoms with van der Waals surface area (Å²) in [5.41, 5.74) is 7.09. The van der Waals surface area contributed by atoms with E-state index < -0.39 is 0 Å². The van der Waals surface area contributed by atoms with Gasteiger partial charge in [0.05, 0.1) is 19.1 Å². The number of esters is 1. The number of rotatable bonds is 11. The number of hydrogen-bond acceptors (Lipinski definition) is 5. The van der Waals surface area contributed by atoms with Crippen LogP contribution in [0.25, 0.3) is 0 Å². The summed E-state index contributed by atoms with van der Waals surface area (Å²) in [6.07, 6.45) is 1.18. The maximum atomic E-state index is 12.5. The highest BCUT2D eigenvalue weighted by Crippen LogP contribution is 2.23. The lowest BCUT2D eigenvalue weighted by Gasteiger charge is -2.19. The normalized spacial score (nSPS) is 12.6. The molecule has 31 heavy (non-hydrogen) atoms. The highest BCUT2D eigenvalue weighted by atomic mass is 16.5. The summed E-state index contributed by atoms with van der Waals surface area (Å²) in [5, 5.41) is 0. The van der Waals surface area contributed by atoms with E-state index in [1.165, 1.54) is 0 Å². The Morgan fingerprint density at radius 3 is 2.03 bits per heavy atom. The third-order valence-corrected chi connectivity index (χ3v) is 4.84. The fraction of sp³-hybridized carbons (Fsp3) is 0.269. The molecular formula is C26H29NO4. The molecule has 0 amide bonds. The Balaban J connectivity index is 1.37. The lowest BCUT2D eigenvalue weighted by molar-refractivity contribution is -0.149. The Bertz CT molecular complexity index is 911. The zero-order chi connectivity index (χ0) is 21.9. The van der Waals surface area contributed by atoms with E-state index in [9.17, 15) is 4.79 Å². The van der Waals surface area contributed by atoms with Gasteiger partial charge in [-0.05, 0) is 55.3 Å². The molecule has 0 fully saturated rings. The van der Waals surface area contributed by atoms with Crippen molar-refractivity contribution in [3.8, 4) is 17.2 Å². The van der Waals surface area contributed by atoms with Gasteiger partial charge in [0, 0.05) is 12.5 Å². The maximum absolute atomic E-state index is 12.5. The Labute approximate surface area is 183 Å². The molecule has 0 aliphatic rings. The van der Waals surface area contributed by atoms with Gasteiger partial charge in [-0.25, -0.2) is 0 Å². The SMILES string of the molecule is CC(N)C(Cc1ccccc1)C(=O)OCCCOc1ccc(Oc2ccccc2)cc1. The predicted molar refractivity (Wildman–Crippen MR) is 121 cm³/mol. The largest absolute Gasteiger partial charge is 0.493 e. The molecule has 162 valence electrons. The van der Waals surface area contributed by atoms with Gasteiger partial charge in [-0.3, -0.25) is 4.79 Å². The molecule has 3 rings (SSSR count). The molecule has 0 aliphatic carbocycles. The average molecular weight is 420 g/mol. The van der Waals surface area contributed by atoms with Gasteiger partial charge in [0.2, 0.25) is 0 Å². The van der Waals surface area contributed by atoms with Crippen molar-refractivity contribution < 1.29 is 19.0 Å². The van der Waals surface area contributed by atoms with Crippen LogP contribution < -0.4 is 15.2 Å². The predicted octanol–water partition coefficient (Wildman–Crippen LogP) is 5.00. The van der Waals surface area contributed by atoms with Crippen LogP contribution >= 0.6 is 0 Å². The first-order chi connectivity index (χ1) is 15.1. The van der Waals surface area contributed by atoms with E-state index in [4.69, 9.17) is 19.9 Å². The molecule has 2 N–H and O–H groups in total. The van der Waals surface area contributed by atoms with Gasteiger partial charge < -0.3 is 19.9 Å². The summed E-state index contributed by atoms with van der Waals surface area (Å²) in [5.74, 6) is 1.65. The molecule has 2 unspecified atom stereocenters. The Hall–Kier alpha value is -3.31. The number of hydrogen-bond donors (Lipinski definition) is 1. The summed E-state index contributed by atoms with van der Waals surface area (Å²) < 4.78 is 16.9. The Morgan fingerprint density at radius 1 is 0.806 bits per heavy atom. The Kier molecular flexibility index (Phi) is 8.49. The molecule has 0 spiro atoms. The topological polar surface area (TPSA) is 70.8 Å². The van der Waals surface area contributed by atoms with Crippen LogP contribution in [0.5, 0.6) is 17.2 Å².